The highest BCUT2D eigenvalue weighted by Crippen LogP contribution is 2.15. The number of rotatable bonds is 5. The van der Waals surface area contributed by atoms with Gasteiger partial charge < -0.3 is 11.1 Å². The van der Waals surface area contributed by atoms with E-state index in [2.05, 4.69) is 11.6 Å². The predicted molar refractivity (Wildman–Crippen MR) is 75.5 cm³/mol. The van der Waals surface area contributed by atoms with E-state index in [9.17, 15) is 4.79 Å². The Labute approximate surface area is 107 Å². The van der Waals surface area contributed by atoms with Crippen LogP contribution in [0.25, 0.3) is 0 Å². The molecule has 0 aliphatic carbocycles. The molecule has 0 spiro atoms. The van der Waals surface area contributed by atoms with E-state index in [1.807, 2.05) is 32.0 Å². The lowest BCUT2D eigenvalue weighted by Crippen LogP contribution is -2.33. The molecule has 0 heterocycles. The fourth-order valence-corrected chi connectivity index (χ4v) is 2.16. The minimum atomic E-state index is -0.0385. The van der Waals surface area contributed by atoms with Crippen molar-refractivity contribution in [1.82, 2.24) is 5.32 Å². The van der Waals surface area contributed by atoms with Crippen molar-refractivity contribution in [2.75, 3.05) is 17.7 Å². The first-order valence-electron chi connectivity index (χ1n) is 5.71. The second-order valence-electron chi connectivity index (χ2n) is 4.18. The highest BCUT2D eigenvalue weighted by atomic mass is 32.2. The molecular formula is C13H20N2OS. The molecule has 0 saturated heterocycles. The van der Waals surface area contributed by atoms with Gasteiger partial charge in [-0.2, -0.15) is 11.8 Å². The largest absolute Gasteiger partial charge is 0.398 e. The van der Waals surface area contributed by atoms with Crippen molar-refractivity contribution in [3.05, 3.63) is 29.3 Å². The molecule has 1 atom stereocenters. The van der Waals surface area contributed by atoms with E-state index in [1.165, 1.54) is 0 Å². The van der Waals surface area contributed by atoms with E-state index in [0.29, 0.717) is 11.3 Å². The molecule has 0 aromatic heterocycles. The van der Waals surface area contributed by atoms with Crippen molar-refractivity contribution in [2.24, 2.45) is 0 Å². The summed E-state index contributed by atoms with van der Waals surface area (Å²) in [6.07, 6.45) is 3.05. The van der Waals surface area contributed by atoms with Gasteiger partial charge in [0.05, 0.1) is 0 Å². The second-order valence-corrected chi connectivity index (χ2v) is 5.16. The van der Waals surface area contributed by atoms with Crippen LogP contribution in [0.5, 0.6) is 0 Å². The van der Waals surface area contributed by atoms with Gasteiger partial charge in [-0.3, -0.25) is 4.79 Å². The third kappa shape index (κ3) is 3.97. The maximum atomic E-state index is 12.0. The summed E-state index contributed by atoms with van der Waals surface area (Å²) in [5, 5.41) is 2.99. The Hall–Kier alpha value is -1.16. The van der Waals surface area contributed by atoms with Crippen molar-refractivity contribution in [3.63, 3.8) is 0 Å². The van der Waals surface area contributed by atoms with E-state index in [-0.39, 0.29) is 11.9 Å². The lowest BCUT2D eigenvalue weighted by Gasteiger charge is -2.14. The normalized spacial score (nSPS) is 12.2. The Kier molecular flexibility index (Phi) is 5.35. The molecule has 1 rings (SSSR count). The topological polar surface area (TPSA) is 55.1 Å². The fourth-order valence-electron chi connectivity index (χ4n) is 1.57. The first-order chi connectivity index (χ1) is 8.06. The molecule has 0 aliphatic heterocycles. The van der Waals surface area contributed by atoms with Gasteiger partial charge in [0.15, 0.2) is 0 Å². The second kappa shape index (κ2) is 6.55. The maximum Gasteiger partial charge on any atom is 0.251 e. The van der Waals surface area contributed by atoms with E-state index in [1.54, 1.807) is 11.8 Å². The molecule has 1 amide bonds. The molecule has 0 radical (unpaired) electrons. The number of carbonyl (C=O) groups is 1. The zero-order valence-corrected chi connectivity index (χ0v) is 11.4. The summed E-state index contributed by atoms with van der Waals surface area (Å²) < 4.78 is 0. The Bertz CT molecular complexity index is 393. The van der Waals surface area contributed by atoms with Crippen molar-refractivity contribution in [3.8, 4) is 0 Å². The predicted octanol–water partition coefficient (Wildman–Crippen LogP) is 2.45. The van der Waals surface area contributed by atoms with Crippen molar-refractivity contribution < 1.29 is 4.79 Å². The Morgan fingerprint density at radius 1 is 1.53 bits per heavy atom. The summed E-state index contributed by atoms with van der Waals surface area (Å²) in [6.45, 7) is 3.90. The summed E-state index contributed by atoms with van der Waals surface area (Å²) in [5.41, 5.74) is 7.96. The molecule has 0 saturated carbocycles. The van der Waals surface area contributed by atoms with Gasteiger partial charge in [0.2, 0.25) is 0 Å². The van der Waals surface area contributed by atoms with Crippen LogP contribution in [-0.2, 0) is 0 Å². The highest BCUT2D eigenvalue weighted by molar-refractivity contribution is 7.98. The zero-order chi connectivity index (χ0) is 12.8. The molecule has 3 N–H and O–H groups in total. The Morgan fingerprint density at radius 2 is 2.24 bits per heavy atom. The summed E-state index contributed by atoms with van der Waals surface area (Å²) >= 11 is 1.79. The van der Waals surface area contributed by atoms with Crippen LogP contribution in [0, 0.1) is 6.92 Å². The van der Waals surface area contributed by atoms with Crippen LogP contribution in [-0.4, -0.2) is 24.0 Å². The number of benzene rings is 1. The highest BCUT2D eigenvalue weighted by Gasteiger charge is 2.12. The SMILES string of the molecule is CSCCC(C)NC(=O)c1cccc(N)c1C. The van der Waals surface area contributed by atoms with Crippen LogP contribution in [0.3, 0.4) is 0 Å². The van der Waals surface area contributed by atoms with Gasteiger partial charge in [0.25, 0.3) is 5.91 Å². The minimum absolute atomic E-state index is 0.0385. The van der Waals surface area contributed by atoms with E-state index >= 15 is 0 Å². The summed E-state index contributed by atoms with van der Waals surface area (Å²) in [7, 11) is 0. The van der Waals surface area contributed by atoms with Crippen molar-refractivity contribution in [2.45, 2.75) is 26.3 Å². The monoisotopic (exact) mass is 252 g/mol. The number of hydrogen-bond acceptors (Lipinski definition) is 3. The van der Waals surface area contributed by atoms with E-state index in [0.717, 1.165) is 17.7 Å². The number of nitrogen functional groups attached to an aromatic ring is 1. The van der Waals surface area contributed by atoms with Gasteiger partial charge in [0.1, 0.15) is 0 Å². The van der Waals surface area contributed by atoms with Crippen LogP contribution in [0.1, 0.15) is 29.3 Å². The lowest BCUT2D eigenvalue weighted by molar-refractivity contribution is 0.0939. The van der Waals surface area contributed by atoms with E-state index < -0.39 is 0 Å². The average Bonchev–Trinajstić information content (AvgIpc) is 2.29. The zero-order valence-electron chi connectivity index (χ0n) is 10.6. The molecule has 1 unspecified atom stereocenters. The maximum absolute atomic E-state index is 12.0. The summed E-state index contributed by atoms with van der Waals surface area (Å²) in [5.74, 6) is 1.01. The number of nitrogens with one attached hydrogen (secondary N) is 1. The van der Waals surface area contributed by atoms with Crippen LogP contribution in [0.2, 0.25) is 0 Å². The Balaban J connectivity index is 2.67. The lowest BCUT2D eigenvalue weighted by atomic mass is 10.1. The first-order valence-corrected chi connectivity index (χ1v) is 7.10. The average molecular weight is 252 g/mol. The van der Waals surface area contributed by atoms with Gasteiger partial charge in [-0.05, 0) is 50.0 Å². The standard InChI is InChI=1S/C13H20N2OS/c1-9(7-8-17-3)15-13(16)11-5-4-6-12(14)10(11)2/h4-6,9H,7-8,14H2,1-3H3,(H,15,16). The quantitative estimate of drug-likeness (QED) is 0.791. The third-order valence-electron chi connectivity index (χ3n) is 2.75. The van der Waals surface area contributed by atoms with Gasteiger partial charge in [-0.25, -0.2) is 0 Å². The molecule has 0 aliphatic rings. The molecule has 1 aromatic rings. The number of anilines is 1. The van der Waals surface area contributed by atoms with Gasteiger partial charge in [-0.15, -0.1) is 0 Å². The molecule has 0 bridgehead atoms. The minimum Gasteiger partial charge on any atom is -0.398 e. The molecule has 94 valence electrons. The van der Waals surface area contributed by atoms with Crippen molar-refractivity contribution >= 4 is 23.4 Å². The van der Waals surface area contributed by atoms with Gasteiger partial charge >= 0.3 is 0 Å². The van der Waals surface area contributed by atoms with Crippen LogP contribution < -0.4 is 11.1 Å². The number of amides is 1. The third-order valence-corrected chi connectivity index (χ3v) is 3.40. The fraction of sp³-hybridized carbons (Fsp3) is 0.462. The first kappa shape index (κ1) is 13.9. The number of hydrogen-bond donors (Lipinski definition) is 2. The van der Waals surface area contributed by atoms with Crippen LogP contribution in [0.4, 0.5) is 5.69 Å². The Morgan fingerprint density at radius 3 is 2.88 bits per heavy atom. The smallest absolute Gasteiger partial charge is 0.251 e. The van der Waals surface area contributed by atoms with Crippen LogP contribution >= 0.6 is 11.8 Å². The number of carbonyl (C=O) groups excluding carboxylic acids is 1. The molecule has 0 fully saturated rings. The summed E-state index contributed by atoms with van der Waals surface area (Å²) in [6, 6.07) is 5.62. The number of nitrogens with two attached hydrogens (primary N) is 1. The molecule has 4 heteroatoms. The van der Waals surface area contributed by atoms with Gasteiger partial charge in [-0.1, -0.05) is 6.07 Å². The molecule has 3 nitrogen and oxygen atoms in total. The molecular weight excluding hydrogens is 232 g/mol. The molecule has 1 aromatic carbocycles. The van der Waals surface area contributed by atoms with Crippen molar-refractivity contribution in [1.29, 1.82) is 0 Å². The van der Waals surface area contributed by atoms with E-state index in [4.69, 9.17) is 5.73 Å². The molecule has 17 heavy (non-hydrogen) atoms. The van der Waals surface area contributed by atoms with Gasteiger partial charge in [0, 0.05) is 17.3 Å². The van der Waals surface area contributed by atoms with Crippen LogP contribution in [0.15, 0.2) is 18.2 Å². The number of thioether (sulfide) groups is 1. The summed E-state index contributed by atoms with van der Waals surface area (Å²) in [4.78, 5) is 12.0.